The van der Waals surface area contributed by atoms with Gasteiger partial charge in [0.1, 0.15) is 6.04 Å². The van der Waals surface area contributed by atoms with Crippen LogP contribution in [0.5, 0.6) is 0 Å². The average molecular weight is 242 g/mol. The Bertz CT molecular complexity index is 444. The number of hydrogen-bond donors (Lipinski definition) is 0. The van der Waals surface area contributed by atoms with Gasteiger partial charge >= 0.3 is 0 Å². The molecule has 0 amide bonds. The minimum absolute atomic E-state index is 0.801. The normalized spacial score (nSPS) is 27.9. The lowest BCUT2D eigenvalue weighted by atomic mass is 9.85. The SMILES string of the molecule is C[N+](C1CC1)(C1CC1)C1CCCc2ccccc21. The van der Waals surface area contributed by atoms with Crippen LogP contribution in [0.1, 0.15) is 55.7 Å². The van der Waals surface area contributed by atoms with E-state index in [-0.39, 0.29) is 0 Å². The van der Waals surface area contributed by atoms with Gasteiger partial charge in [0.2, 0.25) is 0 Å². The Balaban J connectivity index is 1.76. The third kappa shape index (κ3) is 1.56. The van der Waals surface area contributed by atoms with E-state index < -0.39 is 0 Å². The molecule has 0 heterocycles. The van der Waals surface area contributed by atoms with Crippen molar-refractivity contribution in [1.82, 2.24) is 0 Å². The lowest BCUT2D eigenvalue weighted by Gasteiger charge is -2.45. The maximum atomic E-state index is 2.57. The van der Waals surface area contributed by atoms with Gasteiger partial charge in [-0.05, 0) is 18.4 Å². The van der Waals surface area contributed by atoms with Gasteiger partial charge in [0.25, 0.3) is 0 Å². The fourth-order valence-corrected chi connectivity index (χ4v) is 4.38. The van der Waals surface area contributed by atoms with Crippen molar-refractivity contribution in [2.45, 2.75) is 63.1 Å². The fourth-order valence-electron chi connectivity index (χ4n) is 4.38. The van der Waals surface area contributed by atoms with E-state index in [0.717, 1.165) is 18.1 Å². The largest absolute Gasteiger partial charge is 0.315 e. The van der Waals surface area contributed by atoms with Gasteiger partial charge in [-0.2, -0.15) is 0 Å². The molecule has 0 N–H and O–H groups in total. The maximum absolute atomic E-state index is 2.57. The van der Waals surface area contributed by atoms with Crippen LogP contribution in [0.4, 0.5) is 0 Å². The molecule has 2 saturated carbocycles. The molecule has 1 unspecified atom stereocenters. The molecule has 1 heteroatoms. The molecule has 3 aliphatic carbocycles. The Hall–Kier alpha value is -0.820. The van der Waals surface area contributed by atoms with E-state index in [9.17, 15) is 0 Å². The van der Waals surface area contributed by atoms with Crippen LogP contribution in [0.15, 0.2) is 24.3 Å². The number of rotatable bonds is 3. The molecule has 96 valence electrons. The lowest BCUT2D eigenvalue weighted by Crippen LogP contribution is -2.51. The summed E-state index contributed by atoms with van der Waals surface area (Å²) in [5.41, 5.74) is 3.32. The van der Waals surface area contributed by atoms with E-state index in [1.165, 1.54) is 49.4 Å². The Kier molecular flexibility index (Phi) is 2.35. The molecule has 1 aromatic carbocycles. The second-order valence-electron chi connectivity index (χ2n) is 6.79. The van der Waals surface area contributed by atoms with E-state index in [1.807, 2.05) is 0 Å². The van der Waals surface area contributed by atoms with Gasteiger partial charge in [-0.25, -0.2) is 0 Å². The standard InChI is InChI=1S/C17H24N/c1-18(14-9-10-14,15-11-12-15)17-8-4-6-13-5-2-3-7-16(13)17/h2-3,5,7,14-15,17H,4,6,8-12H2,1H3/q+1. The second-order valence-corrected chi connectivity index (χ2v) is 6.79. The molecule has 4 rings (SSSR count). The van der Waals surface area contributed by atoms with E-state index in [4.69, 9.17) is 0 Å². The lowest BCUT2D eigenvalue weighted by molar-refractivity contribution is -0.960. The Morgan fingerprint density at radius 2 is 1.61 bits per heavy atom. The minimum Gasteiger partial charge on any atom is -0.315 e. The van der Waals surface area contributed by atoms with Gasteiger partial charge in [-0.15, -0.1) is 0 Å². The third-order valence-corrected chi connectivity index (χ3v) is 5.68. The highest BCUT2D eigenvalue weighted by molar-refractivity contribution is 5.31. The third-order valence-electron chi connectivity index (χ3n) is 5.68. The molecular formula is C17H24N+. The number of hydrogen-bond acceptors (Lipinski definition) is 0. The second kappa shape index (κ2) is 3.84. The molecular weight excluding hydrogens is 218 g/mol. The van der Waals surface area contributed by atoms with Gasteiger partial charge < -0.3 is 4.48 Å². The van der Waals surface area contributed by atoms with Crippen LogP contribution < -0.4 is 0 Å². The molecule has 0 saturated heterocycles. The van der Waals surface area contributed by atoms with Crippen LogP contribution in [0.3, 0.4) is 0 Å². The first-order valence-electron chi connectivity index (χ1n) is 7.73. The van der Waals surface area contributed by atoms with Crippen molar-refractivity contribution in [3.8, 4) is 0 Å². The van der Waals surface area contributed by atoms with Gasteiger partial charge in [0.15, 0.2) is 0 Å². The van der Waals surface area contributed by atoms with Gasteiger partial charge in [-0.1, -0.05) is 24.3 Å². The number of quaternary nitrogens is 1. The summed E-state index contributed by atoms with van der Waals surface area (Å²) >= 11 is 0. The van der Waals surface area contributed by atoms with Crippen LogP contribution in [0.2, 0.25) is 0 Å². The van der Waals surface area contributed by atoms with Crippen molar-refractivity contribution in [3.63, 3.8) is 0 Å². The Morgan fingerprint density at radius 3 is 2.28 bits per heavy atom. The molecule has 0 aliphatic heterocycles. The summed E-state index contributed by atoms with van der Waals surface area (Å²) in [4.78, 5) is 0. The fraction of sp³-hybridized carbons (Fsp3) is 0.647. The maximum Gasteiger partial charge on any atom is 0.115 e. The highest BCUT2D eigenvalue weighted by Crippen LogP contribution is 2.52. The summed E-state index contributed by atoms with van der Waals surface area (Å²) in [6, 6.07) is 12.0. The summed E-state index contributed by atoms with van der Waals surface area (Å²) < 4.78 is 1.39. The molecule has 1 aromatic rings. The quantitative estimate of drug-likeness (QED) is 0.707. The molecule has 0 spiro atoms. The van der Waals surface area contributed by atoms with Crippen molar-refractivity contribution < 1.29 is 4.48 Å². The van der Waals surface area contributed by atoms with E-state index in [1.54, 1.807) is 11.1 Å². The predicted molar refractivity (Wildman–Crippen MR) is 74.3 cm³/mol. The van der Waals surface area contributed by atoms with Gasteiger partial charge in [0, 0.05) is 37.7 Å². The molecule has 2 fully saturated rings. The highest BCUT2D eigenvalue weighted by atomic mass is 15.4. The zero-order valence-corrected chi connectivity index (χ0v) is 11.4. The molecule has 18 heavy (non-hydrogen) atoms. The van der Waals surface area contributed by atoms with Crippen LogP contribution in [0.25, 0.3) is 0 Å². The van der Waals surface area contributed by atoms with Crippen molar-refractivity contribution in [2.75, 3.05) is 7.05 Å². The summed E-state index contributed by atoms with van der Waals surface area (Å²) in [6.07, 6.45) is 10.0. The minimum atomic E-state index is 0.801. The molecule has 1 nitrogen and oxygen atoms in total. The summed E-state index contributed by atoms with van der Waals surface area (Å²) in [6.45, 7) is 0. The van der Waals surface area contributed by atoms with Crippen LogP contribution in [-0.4, -0.2) is 23.6 Å². The van der Waals surface area contributed by atoms with E-state index in [0.29, 0.717) is 0 Å². The zero-order valence-electron chi connectivity index (χ0n) is 11.4. The Morgan fingerprint density at radius 1 is 0.944 bits per heavy atom. The van der Waals surface area contributed by atoms with Gasteiger partial charge in [0.05, 0.1) is 19.1 Å². The van der Waals surface area contributed by atoms with Crippen LogP contribution in [-0.2, 0) is 6.42 Å². The number of aryl methyl sites for hydroxylation is 1. The number of nitrogens with zero attached hydrogens (tertiary/aromatic N) is 1. The molecule has 0 radical (unpaired) electrons. The Labute approximate surface area is 110 Å². The number of benzene rings is 1. The summed E-state index contributed by atoms with van der Waals surface area (Å²) in [5.74, 6) is 0. The number of fused-ring (bicyclic) bond motifs is 1. The molecule has 3 aliphatic rings. The van der Waals surface area contributed by atoms with E-state index in [2.05, 4.69) is 31.3 Å². The van der Waals surface area contributed by atoms with Crippen molar-refractivity contribution in [3.05, 3.63) is 35.4 Å². The molecule has 0 aromatic heterocycles. The van der Waals surface area contributed by atoms with Gasteiger partial charge in [-0.3, -0.25) is 0 Å². The first kappa shape index (κ1) is 11.0. The topological polar surface area (TPSA) is 0 Å². The van der Waals surface area contributed by atoms with Crippen LogP contribution in [0, 0.1) is 0 Å². The molecule has 0 bridgehead atoms. The monoisotopic (exact) mass is 242 g/mol. The van der Waals surface area contributed by atoms with Crippen molar-refractivity contribution >= 4 is 0 Å². The van der Waals surface area contributed by atoms with Crippen molar-refractivity contribution in [1.29, 1.82) is 0 Å². The van der Waals surface area contributed by atoms with Crippen molar-refractivity contribution in [2.24, 2.45) is 0 Å². The first-order valence-corrected chi connectivity index (χ1v) is 7.73. The smallest absolute Gasteiger partial charge is 0.115 e. The zero-order chi connectivity index (χ0) is 12.2. The van der Waals surface area contributed by atoms with Crippen LogP contribution >= 0.6 is 0 Å². The predicted octanol–water partition coefficient (Wildman–Crippen LogP) is 3.84. The average Bonchev–Trinajstić information content (AvgIpc) is 3.30. The molecule has 1 atom stereocenters. The van der Waals surface area contributed by atoms with E-state index >= 15 is 0 Å². The summed E-state index contributed by atoms with van der Waals surface area (Å²) in [7, 11) is 2.57. The first-order chi connectivity index (χ1) is 8.80. The summed E-state index contributed by atoms with van der Waals surface area (Å²) in [5, 5.41) is 0. The highest BCUT2D eigenvalue weighted by Gasteiger charge is 2.55.